The number of amides is 2. The van der Waals surface area contributed by atoms with Gasteiger partial charge in [0.1, 0.15) is 0 Å². The van der Waals surface area contributed by atoms with Gasteiger partial charge in [0, 0.05) is 23.7 Å². The normalized spacial score (nSPS) is 11.8. The van der Waals surface area contributed by atoms with E-state index in [1.54, 1.807) is 24.3 Å². The highest BCUT2D eigenvalue weighted by molar-refractivity contribution is 5.95. The molecule has 2 amide bonds. The van der Waals surface area contributed by atoms with Crippen molar-refractivity contribution in [2.45, 2.75) is 78.2 Å². The molecule has 0 spiro atoms. The van der Waals surface area contributed by atoms with Crippen LogP contribution in [0.5, 0.6) is 0 Å². The Morgan fingerprint density at radius 3 is 2.25 bits per heavy atom. The summed E-state index contributed by atoms with van der Waals surface area (Å²) in [5, 5.41) is 5.89. The summed E-state index contributed by atoms with van der Waals surface area (Å²) in [5.74, 6) is -0.0309. The van der Waals surface area contributed by atoms with Crippen molar-refractivity contribution in [3.05, 3.63) is 29.8 Å². The predicted molar refractivity (Wildman–Crippen MR) is 100 cm³/mol. The van der Waals surface area contributed by atoms with Crippen LogP contribution in [-0.4, -0.2) is 17.9 Å². The van der Waals surface area contributed by atoms with Crippen LogP contribution in [0, 0.1) is 0 Å². The van der Waals surface area contributed by atoms with E-state index in [1.807, 2.05) is 6.92 Å². The molecule has 2 N–H and O–H groups in total. The van der Waals surface area contributed by atoms with Crippen molar-refractivity contribution in [2.75, 3.05) is 5.32 Å². The average Bonchev–Trinajstić information content (AvgIpc) is 2.57. The monoisotopic (exact) mass is 332 g/mol. The number of carbonyl (C=O) groups is 2. The fourth-order valence-corrected chi connectivity index (χ4v) is 2.52. The molecule has 0 aliphatic rings. The molecule has 1 atom stereocenters. The van der Waals surface area contributed by atoms with Crippen molar-refractivity contribution in [1.82, 2.24) is 5.32 Å². The quantitative estimate of drug-likeness (QED) is 0.566. The number of hydrogen-bond donors (Lipinski definition) is 2. The summed E-state index contributed by atoms with van der Waals surface area (Å²) in [4.78, 5) is 23.9. The van der Waals surface area contributed by atoms with Crippen LogP contribution in [0.3, 0.4) is 0 Å². The van der Waals surface area contributed by atoms with Crippen LogP contribution in [0.2, 0.25) is 0 Å². The van der Waals surface area contributed by atoms with Crippen LogP contribution in [0.25, 0.3) is 0 Å². The minimum atomic E-state index is -0.0538. The van der Waals surface area contributed by atoms with E-state index in [1.165, 1.54) is 19.3 Å². The first-order chi connectivity index (χ1) is 11.6. The van der Waals surface area contributed by atoms with Crippen LogP contribution in [0.4, 0.5) is 5.69 Å². The smallest absolute Gasteiger partial charge is 0.251 e. The Bertz CT molecular complexity index is 497. The molecule has 4 nitrogen and oxygen atoms in total. The summed E-state index contributed by atoms with van der Waals surface area (Å²) < 4.78 is 0. The van der Waals surface area contributed by atoms with Crippen LogP contribution >= 0.6 is 0 Å². The van der Waals surface area contributed by atoms with E-state index in [2.05, 4.69) is 24.5 Å². The largest absolute Gasteiger partial charge is 0.350 e. The van der Waals surface area contributed by atoms with Crippen LogP contribution in [0.15, 0.2) is 24.3 Å². The maximum Gasteiger partial charge on any atom is 0.251 e. The van der Waals surface area contributed by atoms with Gasteiger partial charge in [0.05, 0.1) is 0 Å². The minimum absolute atomic E-state index is 0.0229. The molecule has 0 saturated carbocycles. The van der Waals surface area contributed by atoms with Gasteiger partial charge in [-0.05, 0) is 44.0 Å². The summed E-state index contributed by atoms with van der Waals surface area (Å²) in [6.07, 6.45) is 8.30. The standard InChI is InChI=1S/C20H32N2O2/c1-4-6-8-9-10-16(3)21-20(24)17-12-14-18(15-13-17)22-19(23)11-7-5-2/h12-16H,4-11H2,1-3H3,(H,21,24)(H,22,23). The molecule has 0 radical (unpaired) electrons. The van der Waals surface area contributed by atoms with E-state index >= 15 is 0 Å². The second-order valence-corrected chi connectivity index (χ2v) is 6.45. The van der Waals surface area contributed by atoms with Crippen LogP contribution in [0.1, 0.15) is 82.5 Å². The molecule has 1 aromatic carbocycles. The molecule has 134 valence electrons. The third kappa shape index (κ3) is 8.14. The van der Waals surface area contributed by atoms with Crippen molar-refractivity contribution in [2.24, 2.45) is 0 Å². The lowest BCUT2D eigenvalue weighted by Crippen LogP contribution is -2.32. The van der Waals surface area contributed by atoms with Gasteiger partial charge < -0.3 is 10.6 Å². The van der Waals surface area contributed by atoms with Gasteiger partial charge >= 0.3 is 0 Å². The Hall–Kier alpha value is -1.84. The lowest BCUT2D eigenvalue weighted by Gasteiger charge is -2.14. The van der Waals surface area contributed by atoms with Gasteiger partial charge in [-0.3, -0.25) is 9.59 Å². The topological polar surface area (TPSA) is 58.2 Å². The molecule has 0 bridgehead atoms. The molecular weight excluding hydrogens is 300 g/mol. The number of rotatable bonds is 11. The van der Waals surface area contributed by atoms with Gasteiger partial charge in [-0.2, -0.15) is 0 Å². The summed E-state index contributed by atoms with van der Waals surface area (Å²) in [5.41, 5.74) is 1.36. The second-order valence-electron chi connectivity index (χ2n) is 6.45. The third-order valence-electron chi connectivity index (χ3n) is 4.06. The van der Waals surface area contributed by atoms with Gasteiger partial charge in [0.25, 0.3) is 5.91 Å². The van der Waals surface area contributed by atoms with Gasteiger partial charge in [0.2, 0.25) is 5.91 Å². The molecule has 0 aliphatic heterocycles. The Morgan fingerprint density at radius 1 is 0.958 bits per heavy atom. The van der Waals surface area contributed by atoms with E-state index in [0.29, 0.717) is 12.0 Å². The minimum Gasteiger partial charge on any atom is -0.350 e. The van der Waals surface area contributed by atoms with Crippen molar-refractivity contribution in [1.29, 1.82) is 0 Å². The Kier molecular flexibility index (Phi) is 9.81. The molecule has 4 heteroatoms. The van der Waals surface area contributed by atoms with Gasteiger partial charge in [-0.15, -0.1) is 0 Å². The molecule has 1 unspecified atom stereocenters. The van der Waals surface area contributed by atoms with E-state index in [9.17, 15) is 9.59 Å². The highest BCUT2D eigenvalue weighted by Gasteiger charge is 2.10. The molecular formula is C20H32N2O2. The molecule has 0 aromatic heterocycles. The molecule has 1 rings (SSSR count). The number of carbonyl (C=O) groups excluding carboxylic acids is 2. The lowest BCUT2D eigenvalue weighted by molar-refractivity contribution is -0.116. The maximum atomic E-state index is 12.2. The highest BCUT2D eigenvalue weighted by Crippen LogP contribution is 2.12. The van der Waals surface area contributed by atoms with Crippen molar-refractivity contribution in [3.63, 3.8) is 0 Å². The molecule has 0 saturated heterocycles. The molecule has 24 heavy (non-hydrogen) atoms. The van der Waals surface area contributed by atoms with Crippen molar-refractivity contribution < 1.29 is 9.59 Å². The Morgan fingerprint density at radius 2 is 1.62 bits per heavy atom. The summed E-state index contributed by atoms with van der Waals surface area (Å²) >= 11 is 0. The summed E-state index contributed by atoms with van der Waals surface area (Å²) in [6, 6.07) is 7.26. The zero-order valence-electron chi connectivity index (χ0n) is 15.4. The SMILES string of the molecule is CCCCCCC(C)NC(=O)c1ccc(NC(=O)CCCC)cc1. The van der Waals surface area contributed by atoms with Gasteiger partial charge in [-0.1, -0.05) is 46.0 Å². The summed E-state index contributed by atoms with van der Waals surface area (Å²) in [6.45, 7) is 6.30. The predicted octanol–water partition coefficient (Wildman–Crippen LogP) is 4.90. The number of nitrogens with one attached hydrogen (secondary N) is 2. The second kappa shape index (κ2) is 11.7. The van der Waals surface area contributed by atoms with E-state index < -0.39 is 0 Å². The van der Waals surface area contributed by atoms with Crippen LogP contribution < -0.4 is 10.6 Å². The number of anilines is 1. The first kappa shape index (κ1) is 20.2. The highest BCUT2D eigenvalue weighted by atomic mass is 16.2. The zero-order chi connectivity index (χ0) is 17.8. The van der Waals surface area contributed by atoms with E-state index in [0.717, 1.165) is 31.4 Å². The van der Waals surface area contributed by atoms with E-state index in [4.69, 9.17) is 0 Å². The first-order valence-corrected chi connectivity index (χ1v) is 9.27. The number of hydrogen-bond acceptors (Lipinski definition) is 2. The average molecular weight is 332 g/mol. The zero-order valence-corrected chi connectivity index (χ0v) is 15.4. The fraction of sp³-hybridized carbons (Fsp3) is 0.600. The molecule has 0 aliphatic carbocycles. The Balaban J connectivity index is 2.41. The third-order valence-corrected chi connectivity index (χ3v) is 4.06. The van der Waals surface area contributed by atoms with Crippen molar-refractivity contribution >= 4 is 17.5 Å². The fourth-order valence-electron chi connectivity index (χ4n) is 2.52. The Labute approximate surface area is 146 Å². The number of unbranched alkanes of at least 4 members (excludes halogenated alkanes) is 4. The van der Waals surface area contributed by atoms with Crippen LogP contribution in [-0.2, 0) is 4.79 Å². The maximum absolute atomic E-state index is 12.2. The van der Waals surface area contributed by atoms with E-state index in [-0.39, 0.29) is 17.9 Å². The summed E-state index contributed by atoms with van der Waals surface area (Å²) in [7, 11) is 0. The lowest BCUT2D eigenvalue weighted by atomic mass is 10.1. The first-order valence-electron chi connectivity index (χ1n) is 9.27. The van der Waals surface area contributed by atoms with Crippen molar-refractivity contribution in [3.8, 4) is 0 Å². The van der Waals surface area contributed by atoms with Gasteiger partial charge in [0.15, 0.2) is 0 Å². The molecule has 0 heterocycles. The number of benzene rings is 1. The van der Waals surface area contributed by atoms with Gasteiger partial charge in [-0.25, -0.2) is 0 Å². The molecule has 1 aromatic rings. The molecule has 0 fully saturated rings.